The van der Waals surface area contributed by atoms with E-state index in [0.717, 1.165) is 83.6 Å². The zero-order chi connectivity index (χ0) is 34.8. The predicted octanol–water partition coefficient (Wildman–Crippen LogP) is 4.15. The first-order valence-corrected chi connectivity index (χ1v) is 18.2. The zero-order valence-electron chi connectivity index (χ0n) is 27.3. The Kier molecular flexibility index (Phi) is 13.6. The third-order valence-corrected chi connectivity index (χ3v) is 10.2. The SMILES string of the molecule is O=C(NCCCCCSc1ccc(Cl)c(COC2(c3cnccc3-c3ccccc3OC3CC3)CC2)c1)NC(CO)C(O)C(O)C(O)CO. The lowest BCUT2D eigenvalue weighted by Crippen LogP contribution is -2.56. The van der Waals surface area contributed by atoms with Crippen LogP contribution < -0.4 is 15.4 Å². The van der Waals surface area contributed by atoms with Gasteiger partial charge in [-0.1, -0.05) is 36.2 Å². The molecule has 4 atom stereocenters. The molecule has 0 bridgehead atoms. The zero-order valence-corrected chi connectivity index (χ0v) is 28.9. The average molecular weight is 716 g/mol. The summed E-state index contributed by atoms with van der Waals surface area (Å²) < 4.78 is 12.9. The van der Waals surface area contributed by atoms with Crippen molar-refractivity contribution in [2.24, 2.45) is 0 Å². The quantitative estimate of drug-likeness (QED) is 0.0666. The molecule has 2 amide bonds. The number of aliphatic hydroxyl groups excluding tert-OH is 5. The molecule has 1 aromatic heterocycles. The van der Waals surface area contributed by atoms with Crippen molar-refractivity contribution in [1.29, 1.82) is 0 Å². The number of carbonyl (C=O) groups is 1. The Balaban J connectivity index is 1.06. The number of halogens is 1. The third-order valence-electron chi connectivity index (χ3n) is 8.76. The lowest BCUT2D eigenvalue weighted by molar-refractivity contribution is -0.0902. The van der Waals surface area contributed by atoms with E-state index in [0.29, 0.717) is 24.3 Å². The minimum Gasteiger partial charge on any atom is -0.490 e. The fraction of sp³-hybridized carbons (Fsp3) is 0.500. The summed E-state index contributed by atoms with van der Waals surface area (Å²) in [5.41, 5.74) is 3.72. The number of pyridine rings is 1. The van der Waals surface area contributed by atoms with Crippen LogP contribution in [0, 0.1) is 0 Å². The molecule has 2 saturated carbocycles. The van der Waals surface area contributed by atoms with Crippen molar-refractivity contribution in [2.45, 2.75) is 92.5 Å². The van der Waals surface area contributed by atoms with Gasteiger partial charge in [0.1, 0.15) is 24.1 Å². The van der Waals surface area contributed by atoms with E-state index in [4.69, 9.17) is 26.2 Å². The van der Waals surface area contributed by atoms with Gasteiger partial charge in [-0.25, -0.2) is 4.79 Å². The molecular weight excluding hydrogens is 670 g/mol. The molecule has 5 rings (SSSR count). The fourth-order valence-corrected chi connectivity index (χ4v) is 6.70. The lowest BCUT2D eigenvalue weighted by atomic mass is 9.96. The molecule has 13 heteroatoms. The van der Waals surface area contributed by atoms with Crippen LogP contribution >= 0.6 is 23.4 Å². The number of nitrogens with zero attached hydrogens (tertiary/aromatic N) is 1. The van der Waals surface area contributed by atoms with E-state index >= 15 is 0 Å². The number of aromatic nitrogens is 1. The van der Waals surface area contributed by atoms with Crippen LogP contribution in [0.2, 0.25) is 5.02 Å². The molecule has 2 aromatic carbocycles. The molecule has 0 spiro atoms. The van der Waals surface area contributed by atoms with Crippen molar-refractivity contribution in [3.05, 3.63) is 77.1 Å². The Morgan fingerprint density at radius 1 is 1.00 bits per heavy atom. The number of nitrogens with one attached hydrogen (secondary N) is 2. The summed E-state index contributed by atoms with van der Waals surface area (Å²) >= 11 is 8.34. The number of aliphatic hydroxyl groups is 5. The summed E-state index contributed by atoms with van der Waals surface area (Å²) in [4.78, 5) is 17.7. The van der Waals surface area contributed by atoms with E-state index in [1.54, 1.807) is 11.8 Å². The fourth-order valence-electron chi connectivity index (χ4n) is 5.55. The van der Waals surface area contributed by atoms with Crippen molar-refractivity contribution >= 4 is 29.4 Å². The Bertz CT molecular complexity index is 1530. The van der Waals surface area contributed by atoms with Gasteiger partial charge in [-0.15, -0.1) is 11.8 Å². The Hall–Kier alpha value is -2.94. The summed E-state index contributed by atoms with van der Waals surface area (Å²) in [6.07, 6.45) is 5.57. The molecule has 4 unspecified atom stereocenters. The standard InChI is InChI=1S/C36H46ClN3O8S/c37-29-11-10-25(49-17-5-1-4-15-39-35(46)40-30(20-41)33(44)34(45)31(43)21-42)18-23(29)22-47-36(13-14-36)28-19-38-16-12-26(28)27-6-2-3-7-32(27)48-24-8-9-24/h2-3,6-7,10-12,16,18-19,24,30-31,33-34,41-45H,1,4-5,8-9,13-15,17,20-22H2,(H2,39,40,46). The monoisotopic (exact) mass is 715 g/mol. The van der Waals surface area contributed by atoms with E-state index in [1.165, 1.54) is 0 Å². The number of thioether (sulfide) groups is 1. The van der Waals surface area contributed by atoms with Gasteiger partial charge in [-0.3, -0.25) is 4.98 Å². The van der Waals surface area contributed by atoms with Gasteiger partial charge in [0.05, 0.1) is 37.6 Å². The molecule has 7 N–H and O–H groups in total. The molecule has 0 aliphatic heterocycles. The molecule has 266 valence electrons. The molecule has 2 fully saturated rings. The lowest BCUT2D eigenvalue weighted by Gasteiger charge is -2.28. The molecule has 11 nitrogen and oxygen atoms in total. The topological polar surface area (TPSA) is 174 Å². The van der Waals surface area contributed by atoms with Crippen LogP contribution in [0.25, 0.3) is 11.1 Å². The predicted molar refractivity (Wildman–Crippen MR) is 188 cm³/mol. The number of amides is 2. The summed E-state index contributed by atoms with van der Waals surface area (Å²) in [6.45, 7) is -0.661. The highest BCUT2D eigenvalue weighted by Gasteiger charge is 2.48. The number of carbonyl (C=O) groups excluding carboxylic acids is 1. The van der Waals surface area contributed by atoms with Gasteiger partial charge in [-0.05, 0) is 85.7 Å². The van der Waals surface area contributed by atoms with Gasteiger partial charge in [0.15, 0.2) is 0 Å². The molecule has 1 heterocycles. The summed E-state index contributed by atoms with van der Waals surface area (Å²) in [7, 11) is 0. The van der Waals surface area contributed by atoms with E-state index in [9.17, 15) is 25.2 Å². The van der Waals surface area contributed by atoms with Crippen molar-refractivity contribution in [2.75, 3.05) is 25.5 Å². The maximum Gasteiger partial charge on any atom is 0.315 e. The molecule has 49 heavy (non-hydrogen) atoms. The maximum atomic E-state index is 12.2. The molecule has 2 aliphatic carbocycles. The molecule has 0 saturated heterocycles. The largest absolute Gasteiger partial charge is 0.490 e. The molecule has 2 aliphatic rings. The van der Waals surface area contributed by atoms with Crippen molar-refractivity contribution < 1.29 is 39.8 Å². The first-order valence-electron chi connectivity index (χ1n) is 16.8. The highest BCUT2D eigenvalue weighted by Crippen LogP contribution is 2.53. The second-order valence-electron chi connectivity index (χ2n) is 12.6. The van der Waals surface area contributed by atoms with E-state index in [1.807, 2.05) is 48.8 Å². The van der Waals surface area contributed by atoms with Gasteiger partial charge < -0.3 is 45.6 Å². The van der Waals surface area contributed by atoms with E-state index in [2.05, 4.69) is 27.8 Å². The maximum absolute atomic E-state index is 12.2. The highest BCUT2D eigenvalue weighted by molar-refractivity contribution is 7.99. The van der Waals surface area contributed by atoms with Gasteiger partial charge in [-0.2, -0.15) is 0 Å². The Morgan fingerprint density at radius 3 is 2.53 bits per heavy atom. The summed E-state index contributed by atoms with van der Waals surface area (Å²) in [5.74, 6) is 1.77. The molecule has 3 aromatic rings. The van der Waals surface area contributed by atoms with Crippen LogP contribution in [0.1, 0.15) is 56.1 Å². The minimum absolute atomic E-state index is 0.298. The number of para-hydroxylation sites is 1. The normalized spacial score (nSPS) is 17.5. The average Bonchev–Trinajstić information content (AvgIpc) is 4.07. The minimum atomic E-state index is -1.72. The number of benzene rings is 2. The van der Waals surface area contributed by atoms with Crippen LogP contribution in [0.3, 0.4) is 0 Å². The van der Waals surface area contributed by atoms with Gasteiger partial charge in [0.25, 0.3) is 0 Å². The number of hydrogen-bond acceptors (Lipinski definition) is 10. The Morgan fingerprint density at radius 2 is 1.80 bits per heavy atom. The van der Waals surface area contributed by atoms with E-state index < -0.39 is 49.2 Å². The highest BCUT2D eigenvalue weighted by atomic mass is 35.5. The van der Waals surface area contributed by atoms with Gasteiger partial charge >= 0.3 is 6.03 Å². The first-order chi connectivity index (χ1) is 23.7. The van der Waals surface area contributed by atoms with Crippen molar-refractivity contribution in [3.63, 3.8) is 0 Å². The van der Waals surface area contributed by atoms with Gasteiger partial charge in [0, 0.05) is 40.0 Å². The third kappa shape index (κ3) is 10.3. The van der Waals surface area contributed by atoms with Crippen molar-refractivity contribution in [1.82, 2.24) is 15.6 Å². The van der Waals surface area contributed by atoms with E-state index in [-0.39, 0.29) is 0 Å². The number of hydrogen-bond donors (Lipinski definition) is 7. The second-order valence-corrected chi connectivity index (χ2v) is 14.2. The van der Waals surface area contributed by atoms with Crippen molar-refractivity contribution in [3.8, 4) is 16.9 Å². The number of urea groups is 1. The number of ether oxygens (including phenoxy) is 2. The number of unbranched alkanes of at least 4 members (excludes halogenated alkanes) is 2. The Labute approximate surface area is 296 Å². The second kappa shape index (κ2) is 17.8. The smallest absolute Gasteiger partial charge is 0.315 e. The molecular formula is C36H46ClN3O8S. The number of rotatable bonds is 20. The van der Waals surface area contributed by atoms with Crippen LogP contribution in [-0.2, 0) is 16.9 Å². The summed E-state index contributed by atoms with van der Waals surface area (Å²) in [5, 5.41) is 53.5. The van der Waals surface area contributed by atoms with Crippen LogP contribution in [-0.4, -0.2) is 92.5 Å². The summed E-state index contributed by atoms with van der Waals surface area (Å²) in [6, 6.07) is 14.4. The van der Waals surface area contributed by atoms with Crippen LogP contribution in [0.15, 0.2) is 65.8 Å². The van der Waals surface area contributed by atoms with Crippen LogP contribution in [0.4, 0.5) is 4.79 Å². The first kappa shape index (κ1) is 37.3. The van der Waals surface area contributed by atoms with Gasteiger partial charge in [0.2, 0.25) is 0 Å². The molecule has 0 radical (unpaired) electrons. The van der Waals surface area contributed by atoms with Crippen LogP contribution in [0.5, 0.6) is 5.75 Å².